The lowest BCUT2D eigenvalue weighted by Gasteiger charge is -2.06. The Hall–Kier alpha value is -1.20. The molecule has 0 unspecified atom stereocenters. The second-order valence-corrected chi connectivity index (χ2v) is 3.86. The molecule has 0 bridgehead atoms. The lowest BCUT2D eigenvalue weighted by molar-refractivity contribution is 0.194. The topological polar surface area (TPSA) is 60.2 Å². The number of unbranched alkanes of at least 4 members (excludes halogenated alkanes) is 1. The van der Waals surface area contributed by atoms with Gasteiger partial charge < -0.3 is 15.8 Å². The van der Waals surface area contributed by atoms with E-state index in [0.29, 0.717) is 10.7 Å². The molecule has 1 aromatic rings. The summed E-state index contributed by atoms with van der Waals surface area (Å²) in [7, 11) is 1.71. The number of nitrogens with one attached hydrogen (secondary N) is 1. The van der Waals surface area contributed by atoms with Crippen molar-refractivity contribution in [1.82, 2.24) is 4.98 Å². The zero-order valence-electron chi connectivity index (χ0n) is 9.40. The monoisotopic (exact) mass is 239 g/mol. The van der Waals surface area contributed by atoms with Crippen LogP contribution in [0.1, 0.15) is 18.5 Å². The van der Waals surface area contributed by atoms with Gasteiger partial charge in [0.1, 0.15) is 4.99 Å². The predicted octanol–water partition coefficient (Wildman–Crippen LogP) is 1.55. The summed E-state index contributed by atoms with van der Waals surface area (Å²) in [4.78, 5) is 4.47. The molecule has 1 heterocycles. The van der Waals surface area contributed by atoms with E-state index in [0.717, 1.165) is 31.7 Å². The number of ether oxygens (including phenoxy) is 1. The van der Waals surface area contributed by atoms with Crippen LogP contribution in [0.25, 0.3) is 0 Å². The molecule has 0 aromatic carbocycles. The van der Waals surface area contributed by atoms with Gasteiger partial charge in [0.15, 0.2) is 0 Å². The van der Waals surface area contributed by atoms with E-state index in [9.17, 15) is 0 Å². The molecule has 3 N–H and O–H groups in total. The first-order valence-corrected chi connectivity index (χ1v) is 5.63. The van der Waals surface area contributed by atoms with Crippen LogP contribution in [0.3, 0.4) is 0 Å². The Labute approximate surface area is 101 Å². The second kappa shape index (κ2) is 7.14. The SMILES string of the molecule is COCCCCNc1ccc(C(N)=S)nc1. The third kappa shape index (κ3) is 4.55. The molecule has 0 atom stereocenters. The number of aromatic nitrogens is 1. The third-order valence-corrected chi connectivity index (χ3v) is 2.33. The molecular weight excluding hydrogens is 222 g/mol. The molecule has 16 heavy (non-hydrogen) atoms. The predicted molar refractivity (Wildman–Crippen MR) is 69.7 cm³/mol. The molecule has 0 amide bonds. The van der Waals surface area contributed by atoms with Gasteiger partial charge >= 0.3 is 0 Å². The number of nitrogens with zero attached hydrogens (tertiary/aromatic N) is 1. The number of rotatable bonds is 7. The van der Waals surface area contributed by atoms with Crippen LogP contribution in [0, 0.1) is 0 Å². The zero-order valence-corrected chi connectivity index (χ0v) is 10.2. The van der Waals surface area contributed by atoms with Crippen molar-refractivity contribution in [3.05, 3.63) is 24.0 Å². The van der Waals surface area contributed by atoms with Crippen LogP contribution >= 0.6 is 12.2 Å². The van der Waals surface area contributed by atoms with Crippen molar-refractivity contribution in [1.29, 1.82) is 0 Å². The molecule has 1 rings (SSSR count). The van der Waals surface area contributed by atoms with E-state index in [2.05, 4.69) is 10.3 Å². The van der Waals surface area contributed by atoms with E-state index in [1.807, 2.05) is 12.1 Å². The Morgan fingerprint density at radius 1 is 1.50 bits per heavy atom. The van der Waals surface area contributed by atoms with Crippen LogP contribution in [0.15, 0.2) is 18.3 Å². The summed E-state index contributed by atoms with van der Waals surface area (Å²) in [5.74, 6) is 0. The Balaban J connectivity index is 2.29. The number of anilines is 1. The van der Waals surface area contributed by atoms with Gasteiger partial charge in [-0.25, -0.2) is 0 Å². The van der Waals surface area contributed by atoms with Gasteiger partial charge in [-0.15, -0.1) is 0 Å². The van der Waals surface area contributed by atoms with Crippen LogP contribution < -0.4 is 11.1 Å². The van der Waals surface area contributed by atoms with E-state index in [1.165, 1.54) is 0 Å². The van der Waals surface area contributed by atoms with Crippen molar-refractivity contribution >= 4 is 22.9 Å². The number of thiocarbonyl (C=S) groups is 1. The number of nitrogens with two attached hydrogens (primary N) is 1. The Morgan fingerprint density at radius 2 is 2.31 bits per heavy atom. The number of pyridine rings is 1. The molecule has 0 fully saturated rings. The first-order chi connectivity index (χ1) is 7.74. The fourth-order valence-electron chi connectivity index (χ4n) is 1.25. The average Bonchev–Trinajstić information content (AvgIpc) is 2.29. The summed E-state index contributed by atoms with van der Waals surface area (Å²) in [6.07, 6.45) is 3.87. The molecule has 0 spiro atoms. The highest BCUT2D eigenvalue weighted by atomic mass is 32.1. The van der Waals surface area contributed by atoms with Gasteiger partial charge in [0.2, 0.25) is 0 Å². The molecule has 88 valence electrons. The first kappa shape index (κ1) is 12.9. The van der Waals surface area contributed by atoms with Crippen LogP contribution in [0.5, 0.6) is 0 Å². The quantitative estimate of drug-likeness (QED) is 0.558. The minimum absolute atomic E-state index is 0.326. The van der Waals surface area contributed by atoms with E-state index >= 15 is 0 Å². The van der Waals surface area contributed by atoms with Crippen molar-refractivity contribution in [2.45, 2.75) is 12.8 Å². The van der Waals surface area contributed by atoms with Gasteiger partial charge in [0, 0.05) is 20.3 Å². The Kier molecular flexibility index (Phi) is 5.74. The van der Waals surface area contributed by atoms with E-state index in [4.69, 9.17) is 22.7 Å². The third-order valence-electron chi connectivity index (χ3n) is 2.12. The minimum Gasteiger partial charge on any atom is -0.388 e. The molecule has 4 nitrogen and oxygen atoms in total. The van der Waals surface area contributed by atoms with E-state index in [-0.39, 0.29) is 0 Å². The van der Waals surface area contributed by atoms with Crippen LogP contribution in [0.4, 0.5) is 5.69 Å². The van der Waals surface area contributed by atoms with Gasteiger partial charge in [0.05, 0.1) is 17.6 Å². The highest BCUT2D eigenvalue weighted by Crippen LogP contribution is 2.06. The Bertz CT molecular complexity index is 327. The summed E-state index contributed by atoms with van der Waals surface area (Å²) >= 11 is 4.82. The molecule has 1 aromatic heterocycles. The molecule has 0 radical (unpaired) electrons. The van der Waals surface area contributed by atoms with E-state index in [1.54, 1.807) is 13.3 Å². The van der Waals surface area contributed by atoms with Crippen molar-refractivity contribution in [2.75, 3.05) is 25.6 Å². The normalized spacial score (nSPS) is 10.1. The fraction of sp³-hybridized carbons (Fsp3) is 0.455. The maximum absolute atomic E-state index is 5.45. The maximum Gasteiger partial charge on any atom is 0.122 e. The number of methoxy groups -OCH3 is 1. The molecule has 0 saturated carbocycles. The molecule has 0 aliphatic heterocycles. The Morgan fingerprint density at radius 3 is 2.88 bits per heavy atom. The maximum atomic E-state index is 5.45. The molecule has 0 aliphatic carbocycles. The van der Waals surface area contributed by atoms with Gasteiger partial charge in [0.25, 0.3) is 0 Å². The molecular formula is C11H17N3OS. The number of hydrogen-bond acceptors (Lipinski definition) is 4. The van der Waals surface area contributed by atoms with E-state index < -0.39 is 0 Å². The van der Waals surface area contributed by atoms with Crippen LogP contribution in [0.2, 0.25) is 0 Å². The van der Waals surface area contributed by atoms with Crippen molar-refractivity contribution in [3.8, 4) is 0 Å². The fourth-order valence-corrected chi connectivity index (χ4v) is 1.37. The van der Waals surface area contributed by atoms with Crippen LogP contribution in [-0.2, 0) is 4.74 Å². The average molecular weight is 239 g/mol. The molecule has 5 heteroatoms. The standard InChI is InChI=1S/C11H17N3OS/c1-15-7-3-2-6-13-9-4-5-10(11(12)16)14-8-9/h4-5,8,13H,2-3,6-7H2,1H3,(H2,12,16). The van der Waals surface area contributed by atoms with Gasteiger partial charge in [-0.3, -0.25) is 4.98 Å². The summed E-state index contributed by atoms with van der Waals surface area (Å²) < 4.78 is 4.97. The smallest absolute Gasteiger partial charge is 0.122 e. The lowest BCUT2D eigenvalue weighted by Crippen LogP contribution is -2.11. The van der Waals surface area contributed by atoms with Crippen molar-refractivity contribution < 1.29 is 4.74 Å². The summed E-state index contributed by atoms with van der Waals surface area (Å²) in [5, 5.41) is 3.27. The van der Waals surface area contributed by atoms with Crippen molar-refractivity contribution in [2.24, 2.45) is 5.73 Å². The summed E-state index contributed by atoms with van der Waals surface area (Å²) in [6.45, 7) is 1.72. The number of hydrogen-bond donors (Lipinski definition) is 2. The second-order valence-electron chi connectivity index (χ2n) is 3.42. The molecule has 0 aliphatic rings. The highest BCUT2D eigenvalue weighted by molar-refractivity contribution is 7.80. The van der Waals surface area contributed by atoms with Gasteiger partial charge in [-0.1, -0.05) is 12.2 Å². The van der Waals surface area contributed by atoms with Crippen molar-refractivity contribution in [3.63, 3.8) is 0 Å². The summed E-state index contributed by atoms with van der Waals surface area (Å²) in [5.41, 5.74) is 7.09. The van der Waals surface area contributed by atoms with Gasteiger partial charge in [-0.2, -0.15) is 0 Å². The lowest BCUT2D eigenvalue weighted by atomic mass is 10.3. The minimum atomic E-state index is 0.326. The van der Waals surface area contributed by atoms with Gasteiger partial charge in [-0.05, 0) is 25.0 Å². The molecule has 0 saturated heterocycles. The summed E-state index contributed by atoms with van der Waals surface area (Å²) in [6, 6.07) is 3.75. The highest BCUT2D eigenvalue weighted by Gasteiger charge is 1.97. The largest absolute Gasteiger partial charge is 0.388 e. The van der Waals surface area contributed by atoms with Crippen LogP contribution in [-0.4, -0.2) is 30.2 Å². The zero-order chi connectivity index (χ0) is 11.8. The first-order valence-electron chi connectivity index (χ1n) is 5.22.